The summed E-state index contributed by atoms with van der Waals surface area (Å²) in [5.41, 5.74) is 14.4. The van der Waals surface area contributed by atoms with E-state index in [2.05, 4.69) is 250 Å². The number of rotatable bonds is 5. The molecular weight excluding hydrogens is 839 g/mol. The lowest BCUT2D eigenvalue weighted by atomic mass is 10.0. The highest BCUT2D eigenvalue weighted by atomic mass is 15.0. The average Bonchev–Trinajstić information content (AvgIpc) is 4.05. The van der Waals surface area contributed by atoms with Crippen molar-refractivity contribution in [2.45, 2.75) is 0 Å². The molecule has 4 heterocycles. The van der Waals surface area contributed by atoms with E-state index in [1.807, 2.05) is 0 Å². The zero-order chi connectivity index (χ0) is 45.2. The molecular formula is C64H39N5. The predicted octanol–water partition coefficient (Wildman–Crippen LogP) is 16.6. The van der Waals surface area contributed by atoms with Gasteiger partial charge in [-0.3, -0.25) is 0 Å². The van der Waals surface area contributed by atoms with Gasteiger partial charge in [-0.1, -0.05) is 146 Å². The molecule has 0 atom stereocenters. The Hall–Kier alpha value is -9.32. The Morgan fingerprint density at radius 3 is 1.55 bits per heavy atom. The highest BCUT2D eigenvalue weighted by Gasteiger charge is 2.20. The van der Waals surface area contributed by atoms with Gasteiger partial charge in [-0.15, -0.1) is 0 Å². The first-order chi connectivity index (χ1) is 34.2. The van der Waals surface area contributed by atoms with Crippen molar-refractivity contribution in [2.24, 2.45) is 0 Å². The number of nitrogens with zero attached hydrogens (tertiary/aromatic N) is 5. The quantitative estimate of drug-likeness (QED) is 0.173. The Morgan fingerprint density at radius 1 is 0.261 bits per heavy atom. The van der Waals surface area contributed by atoms with Crippen LogP contribution in [0.3, 0.4) is 0 Å². The van der Waals surface area contributed by atoms with Gasteiger partial charge >= 0.3 is 0 Å². The molecule has 15 aromatic rings. The van der Waals surface area contributed by atoms with Crippen LogP contribution in [0.5, 0.6) is 0 Å². The molecule has 0 amide bonds. The molecule has 0 aliphatic heterocycles. The Morgan fingerprint density at radius 2 is 0.826 bits per heavy atom. The summed E-state index contributed by atoms with van der Waals surface area (Å²) < 4.78 is 7.22. The van der Waals surface area contributed by atoms with E-state index in [1.165, 1.54) is 76.4 Å². The van der Waals surface area contributed by atoms with E-state index in [9.17, 15) is 0 Å². The molecule has 0 radical (unpaired) electrons. The van der Waals surface area contributed by atoms with Gasteiger partial charge in [0.1, 0.15) is 0 Å². The number of para-hydroxylation sites is 6. The van der Waals surface area contributed by atoms with Crippen molar-refractivity contribution in [3.63, 3.8) is 0 Å². The summed E-state index contributed by atoms with van der Waals surface area (Å²) in [6.07, 6.45) is 0. The number of fused-ring (bicyclic) bond motifs is 12. The number of hydrogen-bond donors (Lipinski definition) is 0. The van der Waals surface area contributed by atoms with E-state index in [0.29, 0.717) is 5.82 Å². The maximum Gasteiger partial charge on any atom is 0.160 e. The van der Waals surface area contributed by atoms with Crippen LogP contribution in [0.4, 0.5) is 0 Å². The molecule has 5 heteroatoms. The van der Waals surface area contributed by atoms with Gasteiger partial charge < -0.3 is 13.7 Å². The second-order valence-corrected chi connectivity index (χ2v) is 18.2. The van der Waals surface area contributed by atoms with E-state index in [4.69, 9.17) is 9.97 Å². The van der Waals surface area contributed by atoms with E-state index in [-0.39, 0.29) is 0 Å². The number of hydrogen-bond acceptors (Lipinski definition) is 2. The van der Waals surface area contributed by atoms with Crippen LogP contribution in [0.25, 0.3) is 138 Å². The molecule has 69 heavy (non-hydrogen) atoms. The normalized spacial score (nSPS) is 12.1. The molecule has 5 nitrogen and oxygen atoms in total. The molecule has 4 aromatic heterocycles. The fourth-order valence-corrected chi connectivity index (χ4v) is 11.3. The summed E-state index contributed by atoms with van der Waals surface area (Å²) in [7, 11) is 0. The third kappa shape index (κ3) is 5.65. The largest absolute Gasteiger partial charge is 0.309 e. The predicted molar refractivity (Wildman–Crippen MR) is 288 cm³/mol. The van der Waals surface area contributed by atoms with E-state index >= 15 is 0 Å². The SMILES string of the molecule is c1ccc(-n2c3ccccc3c3cc(-c4nc(-c5ccc6ccc(-n7c8ccccc8c8cc9c(-n%10c%11ccccc%11c%11ccccc%11%10)cccc9cc87)cc6c5)nc5ccccc45)ccc32)cc1. The van der Waals surface area contributed by atoms with E-state index < -0.39 is 0 Å². The first kappa shape index (κ1) is 37.9. The number of aromatic nitrogens is 5. The van der Waals surface area contributed by atoms with Crippen molar-refractivity contribution in [2.75, 3.05) is 0 Å². The fourth-order valence-electron chi connectivity index (χ4n) is 11.3. The highest BCUT2D eigenvalue weighted by molar-refractivity contribution is 6.17. The lowest BCUT2D eigenvalue weighted by Gasteiger charge is -2.13. The first-order valence-electron chi connectivity index (χ1n) is 23.6. The molecule has 11 aromatic carbocycles. The lowest BCUT2D eigenvalue weighted by Crippen LogP contribution is -1.97. The molecule has 0 bridgehead atoms. The zero-order valence-electron chi connectivity index (χ0n) is 37.3. The minimum Gasteiger partial charge on any atom is -0.309 e. The van der Waals surface area contributed by atoms with Crippen LogP contribution >= 0.6 is 0 Å². The molecule has 0 aliphatic rings. The molecule has 320 valence electrons. The maximum absolute atomic E-state index is 5.42. The summed E-state index contributed by atoms with van der Waals surface area (Å²) in [5.74, 6) is 0.699. The molecule has 0 N–H and O–H groups in total. The zero-order valence-corrected chi connectivity index (χ0v) is 37.3. The Kier molecular flexibility index (Phi) is 8.00. The molecule has 0 fully saturated rings. The van der Waals surface area contributed by atoms with Crippen molar-refractivity contribution < 1.29 is 0 Å². The van der Waals surface area contributed by atoms with Crippen molar-refractivity contribution in [3.05, 3.63) is 237 Å². The Bertz CT molecular complexity index is 4560. The van der Waals surface area contributed by atoms with Gasteiger partial charge in [0.05, 0.1) is 50.0 Å². The Labute approximate surface area is 396 Å². The summed E-state index contributed by atoms with van der Waals surface area (Å²) in [6, 6.07) is 85.6. The van der Waals surface area contributed by atoms with Crippen LogP contribution < -0.4 is 0 Å². The molecule has 0 saturated heterocycles. The van der Waals surface area contributed by atoms with Crippen molar-refractivity contribution in [3.8, 4) is 39.7 Å². The monoisotopic (exact) mass is 877 g/mol. The smallest absolute Gasteiger partial charge is 0.160 e. The lowest BCUT2D eigenvalue weighted by molar-refractivity contribution is 1.18. The van der Waals surface area contributed by atoms with Crippen LogP contribution in [0.2, 0.25) is 0 Å². The van der Waals surface area contributed by atoms with Crippen LogP contribution in [0, 0.1) is 0 Å². The minimum atomic E-state index is 0.699. The van der Waals surface area contributed by atoms with Gasteiger partial charge in [-0.25, -0.2) is 9.97 Å². The summed E-state index contributed by atoms with van der Waals surface area (Å²) in [5, 5.41) is 13.1. The second-order valence-electron chi connectivity index (χ2n) is 18.2. The van der Waals surface area contributed by atoms with Crippen LogP contribution in [-0.2, 0) is 0 Å². The fraction of sp³-hybridized carbons (Fsp3) is 0. The van der Waals surface area contributed by atoms with Gasteiger partial charge in [-0.05, 0) is 107 Å². The van der Waals surface area contributed by atoms with E-state index in [0.717, 1.165) is 55.4 Å². The van der Waals surface area contributed by atoms with Crippen molar-refractivity contribution >= 4 is 97.9 Å². The maximum atomic E-state index is 5.42. The summed E-state index contributed by atoms with van der Waals surface area (Å²) >= 11 is 0. The van der Waals surface area contributed by atoms with Gasteiger partial charge in [-0.2, -0.15) is 0 Å². The average molecular weight is 878 g/mol. The van der Waals surface area contributed by atoms with Gasteiger partial charge in [0.15, 0.2) is 5.82 Å². The van der Waals surface area contributed by atoms with Crippen molar-refractivity contribution in [1.29, 1.82) is 0 Å². The van der Waals surface area contributed by atoms with Gasteiger partial charge in [0.2, 0.25) is 0 Å². The van der Waals surface area contributed by atoms with Crippen molar-refractivity contribution in [1.82, 2.24) is 23.7 Å². The first-order valence-corrected chi connectivity index (χ1v) is 23.6. The van der Waals surface area contributed by atoms with Crippen LogP contribution in [0.15, 0.2) is 237 Å². The molecule has 0 saturated carbocycles. The van der Waals surface area contributed by atoms with Gasteiger partial charge in [0, 0.05) is 65.6 Å². The molecule has 0 aliphatic carbocycles. The van der Waals surface area contributed by atoms with Gasteiger partial charge in [0.25, 0.3) is 0 Å². The standard InChI is InChI=1S/C64H39N5/c1-2-16-45(17-3-1)67-56-24-10-7-20-49(56)53-37-42(32-34-61(53)67)63-51-22-4-9-23-55(51)65-64(66-63)43-30-29-40-31-33-46(36-44(40)35-43)68-57-25-11-8-21-50(57)54-39-52-41(38-62(54)68)15-14-28-60(52)69-58-26-12-5-18-47(58)48-19-6-13-27-59(48)69/h1-39H. The summed E-state index contributed by atoms with van der Waals surface area (Å²) in [6.45, 7) is 0. The third-order valence-electron chi connectivity index (χ3n) is 14.4. The third-order valence-corrected chi connectivity index (χ3v) is 14.4. The van der Waals surface area contributed by atoms with Crippen LogP contribution in [0.1, 0.15) is 0 Å². The Balaban J connectivity index is 0.881. The number of benzene rings is 11. The topological polar surface area (TPSA) is 40.6 Å². The van der Waals surface area contributed by atoms with E-state index in [1.54, 1.807) is 0 Å². The molecule has 0 spiro atoms. The minimum absolute atomic E-state index is 0.699. The second kappa shape index (κ2) is 14.6. The molecule has 0 unspecified atom stereocenters. The van der Waals surface area contributed by atoms with Crippen LogP contribution in [-0.4, -0.2) is 23.7 Å². The molecule has 15 rings (SSSR count). The highest BCUT2D eigenvalue weighted by Crippen LogP contribution is 2.41. The summed E-state index contributed by atoms with van der Waals surface area (Å²) in [4.78, 5) is 10.6.